The van der Waals surface area contributed by atoms with Gasteiger partial charge in [-0.3, -0.25) is 13.9 Å². The van der Waals surface area contributed by atoms with Crippen molar-refractivity contribution < 1.29 is 9.47 Å². The first-order chi connectivity index (χ1) is 13.3. The van der Waals surface area contributed by atoms with Gasteiger partial charge in [-0.15, -0.1) is 0 Å². The van der Waals surface area contributed by atoms with E-state index in [0.29, 0.717) is 42.3 Å². The van der Waals surface area contributed by atoms with E-state index in [9.17, 15) is 9.59 Å². The van der Waals surface area contributed by atoms with Crippen LogP contribution in [0.1, 0.15) is 26.1 Å². The van der Waals surface area contributed by atoms with Gasteiger partial charge in [-0.25, -0.2) is 9.78 Å². The molecular formula is C20H28N4O4. The molecule has 8 nitrogen and oxygen atoms in total. The highest BCUT2D eigenvalue weighted by atomic mass is 16.5. The Hall–Kier alpha value is -2.87. The van der Waals surface area contributed by atoms with Gasteiger partial charge in [0.25, 0.3) is 5.56 Å². The van der Waals surface area contributed by atoms with Crippen LogP contribution in [0.25, 0.3) is 17.2 Å². The third-order valence-corrected chi connectivity index (χ3v) is 4.73. The topological polar surface area (TPSA) is 80.3 Å². The molecule has 0 fully saturated rings. The normalized spacial score (nSPS) is 12.6. The Morgan fingerprint density at radius 3 is 2.36 bits per heavy atom. The molecule has 2 aromatic rings. The minimum absolute atomic E-state index is 0.301. The van der Waals surface area contributed by atoms with Gasteiger partial charge in [-0.2, -0.15) is 0 Å². The van der Waals surface area contributed by atoms with Gasteiger partial charge in [0, 0.05) is 33.7 Å². The highest BCUT2D eigenvalue weighted by Crippen LogP contribution is 2.17. The van der Waals surface area contributed by atoms with Gasteiger partial charge >= 0.3 is 5.69 Å². The maximum absolute atomic E-state index is 12.7. The molecule has 2 rings (SSSR count). The molecule has 28 heavy (non-hydrogen) atoms. The summed E-state index contributed by atoms with van der Waals surface area (Å²) in [7, 11) is 4.89. The van der Waals surface area contributed by atoms with Crippen molar-refractivity contribution in [3.8, 4) is 0 Å². The second-order valence-electron chi connectivity index (χ2n) is 6.37. The predicted octanol–water partition coefficient (Wildman–Crippen LogP) is 2.07. The quantitative estimate of drug-likeness (QED) is 0.485. The first-order valence-electron chi connectivity index (χ1n) is 9.12. The number of rotatable bonds is 9. The number of fused-ring (bicyclic) bond motifs is 1. The van der Waals surface area contributed by atoms with Crippen LogP contribution in [0.3, 0.4) is 0 Å². The zero-order valence-electron chi connectivity index (χ0n) is 17.2. The van der Waals surface area contributed by atoms with Crippen LogP contribution >= 0.6 is 0 Å². The highest BCUT2D eigenvalue weighted by Gasteiger charge is 2.18. The van der Waals surface area contributed by atoms with Crippen LogP contribution in [0.15, 0.2) is 40.2 Å². The average molecular weight is 388 g/mol. The van der Waals surface area contributed by atoms with Crippen LogP contribution in [-0.4, -0.2) is 39.0 Å². The van der Waals surface area contributed by atoms with E-state index in [0.717, 1.165) is 5.57 Å². The van der Waals surface area contributed by atoms with Gasteiger partial charge < -0.3 is 14.0 Å². The number of methoxy groups -OCH3 is 2. The van der Waals surface area contributed by atoms with E-state index in [4.69, 9.17) is 9.47 Å². The summed E-state index contributed by atoms with van der Waals surface area (Å²) < 4.78 is 14.9. The number of nitrogens with zero attached hydrogens (tertiary/aromatic N) is 4. The highest BCUT2D eigenvalue weighted by molar-refractivity contribution is 5.73. The molecule has 0 N–H and O–H groups in total. The van der Waals surface area contributed by atoms with Crippen LogP contribution in [0.4, 0.5) is 0 Å². The molecule has 0 aliphatic carbocycles. The van der Waals surface area contributed by atoms with E-state index < -0.39 is 0 Å². The molecule has 1 atom stereocenters. The number of aryl methyl sites for hydroxylation is 2. The number of allylic oxidation sites excluding steroid dienone is 1. The molecule has 1 unspecified atom stereocenters. The standard InChI is InChI=1S/C20H28N4O4/c1-8-23-18-17(19(25)24(9-2)20(23)26)22(5)16(21-18)11-10-13(3)12-15(28-7)14(4)27-6/h10-11,15H,3-4,8-9,12H2,1-2,5-7H3/b11-10+. The SMILES string of the molecule is C=C(/C=C/c1nc2c(c(=O)n(CC)c(=O)n2CC)n1C)CC(OC)C(=C)OC. The molecule has 152 valence electrons. The summed E-state index contributed by atoms with van der Waals surface area (Å²) in [5.74, 6) is 1.08. The van der Waals surface area contributed by atoms with E-state index in [2.05, 4.69) is 18.1 Å². The first-order valence-corrected chi connectivity index (χ1v) is 9.12. The number of hydrogen-bond acceptors (Lipinski definition) is 5. The second kappa shape index (κ2) is 8.88. The number of ether oxygens (including phenoxy) is 2. The Morgan fingerprint density at radius 1 is 1.18 bits per heavy atom. The van der Waals surface area contributed by atoms with Crippen molar-refractivity contribution in [1.82, 2.24) is 18.7 Å². The number of aromatic nitrogens is 4. The molecule has 2 heterocycles. The minimum atomic E-state index is -0.346. The summed E-state index contributed by atoms with van der Waals surface area (Å²) in [4.78, 5) is 29.7. The summed E-state index contributed by atoms with van der Waals surface area (Å²) in [6, 6.07) is 0. The third-order valence-electron chi connectivity index (χ3n) is 4.73. The summed E-state index contributed by atoms with van der Waals surface area (Å²) in [5, 5.41) is 0. The zero-order chi connectivity index (χ0) is 21.0. The molecule has 0 aromatic carbocycles. The fourth-order valence-electron chi connectivity index (χ4n) is 3.05. The molecule has 0 amide bonds. The fourth-order valence-corrected chi connectivity index (χ4v) is 3.05. The Bertz CT molecular complexity index is 1040. The van der Waals surface area contributed by atoms with E-state index in [1.807, 2.05) is 13.0 Å². The lowest BCUT2D eigenvalue weighted by molar-refractivity contribution is 0.0806. The molecule has 0 aliphatic heterocycles. The van der Waals surface area contributed by atoms with Gasteiger partial charge in [0.15, 0.2) is 11.2 Å². The summed E-state index contributed by atoms with van der Waals surface area (Å²) in [6.45, 7) is 12.2. The fraction of sp³-hybridized carbons (Fsp3) is 0.450. The molecule has 0 aliphatic rings. The zero-order valence-corrected chi connectivity index (χ0v) is 17.2. The van der Waals surface area contributed by atoms with E-state index in [1.165, 1.54) is 9.13 Å². The van der Waals surface area contributed by atoms with Crippen LogP contribution in [0.2, 0.25) is 0 Å². The van der Waals surface area contributed by atoms with Gasteiger partial charge in [0.1, 0.15) is 17.7 Å². The van der Waals surface area contributed by atoms with Gasteiger partial charge in [-0.1, -0.05) is 24.8 Å². The van der Waals surface area contributed by atoms with Crippen LogP contribution in [0.5, 0.6) is 0 Å². The Kier molecular flexibility index (Phi) is 6.80. The van der Waals surface area contributed by atoms with Gasteiger partial charge in [-0.05, 0) is 19.9 Å². The summed E-state index contributed by atoms with van der Waals surface area (Å²) in [5.41, 5.74) is 0.891. The lowest BCUT2D eigenvalue weighted by atomic mass is 10.1. The van der Waals surface area contributed by atoms with Crippen LogP contribution in [-0.2, 0) is 29.6 Å². The molecule has 0 bridgehead atoms. The van der Waals surface area contributed by atoms with Crippen molar-refractivity contribution in [1.29, 1.82) is 0 Å². The van der Waals surface area contributed by atoms with Gasteiger partial charge in [0.2, 0.25) is 0 Å². The lowest BCUT2D eigenvalue weighted by Gasteiger charge is -2.16. The summed E-state index contributed by atoms with van der Waals surface area (Å²) >= 11 is 0. The van der Waals surface area contributed by atoms with Crippen molar-refractivity contribution in [2.45, 2.75) is 39.5 Å². The van der Waals surface area contributed by atoms with Crippen molar-refractivity contribution in [3.05, 3.63) is 57.2 Å². The predicted molar refractivity (Wildman–Crippen MR) is 110 cm³/mol. The first kappa shape index (κ1) is 21.4. The molecule has 2 aromatic heterocycles. The maximum atomic E-state index is 12.7. The van der Waals surface area contributed by atoms with E-state index >= 15 is 0 Å². The van der Waals surface area contributed by atoms with E-state index in [-0.39, 0.29) is 17.4 Å². The maximum Gasteiger partial charge on any atom is 0.332 e. The number of hydrogen-bond donors (Lipinski definition) is 0. The molecular weight excluding hydrogens is 360 g/mol. The van der Waals surface area contributed by atoms with Crippen LogP contribution in [0, 0.1) is 0 Å². The molecule has 0 saturated carbocycles. The monoisotopic (exact) mass is 388 g/mol. The molecule has 0 spiro atoms. The van der Waals surface area contributed by atoms with Crippen molar-refractivity contribution in [2.75, 3.05) is 14.2 Å². The number of imidazole rings is 1. The summed E-state index contributed by atoms with van der Waals surface area (Å²) in [6.07, 6.45) is 3.78. The average Bonchev–Trinajstić information content (AvgIpc) is 3.01. The third kappa shape index (κ3) is 3.87. The minimum Gasteiger partial charge on any atom is -0.499 e. The smallest absolute Gasteiger partial charge is 0.332 e. The van der Waals surface area contributed by atoms with Crippen molar-refractivity contribution >= 4 is 17.2 Å². The Morgan fingerprint density at radius 2 is 1.82 bits per heavy atom. The van der Waals surface area contributed by atoms with Crippen molar-refractivity contribution in [3.63, 3.8) is 0 Å². The van der Waals surface area contributed by atoms with Gasteiger partial charge in [0.05, 0.1) is 7.11 Å². The second-order valence-corrected chi connectivity index (χ2v) is 6.37. The molecule has 0 radical (unpaired) electrons. The van der Waals surface area contributed by atoms with Crippen molar-refractivity contribution in [2.24, 2.45) is 7.05 Å². The van der Waals surface area contributed by atoms with Crippen LogP contribution < -0.4 is 11.2 Å². The largest absolute Gasteiger partial charge is 0.499 e. The lowest BCUT2D eigenvalue weighted by Crippen LogP contribution is -2.39. The Labute approximate surface area is 164 Å². The Balaban J connectivity index is 2.45. The molecule has 0 saturated heterocycles. The van der Waals surface area contributed by atoms with E-state index in [1.54, 1.807) is 38.8 Å². The molecule has 8 heteroatoms.